The van der Waals surface area contributed by atoms with E-state index in [9.17, 15) is 13.2 Å². The summed E-state index contributed by atoms with van der Waals surface area (Å²) in [6.07, 6.45) is 1.04. The van der Waals surface area contributed by atoms with Gasteiger partial charge in [-0.3, -0.25) is 4.79 Å². The van der Waals surface area contributed by atoms with E-state index in [4.69, 9.17) is 4.74 Å². The van der Waals surface area contributed by atoms with E-state index in [0.717, 1.165) is 0 Å². The number of rotatable bonds is 4. The molecule has 2 rings (SSSR count). The van der Waals surface area contributed by atoms with Gasteiger partial charge in [0.15, 0.2) is 9.84 Å². The van der Waals surface area contributed by atoms with Crippen molar-refractivity contribution in [2.75, 3.05) is 20.3 Å². The second-order valence-corrected chi connectivity index (χ2v) is 7.96. The Balaban J connectivity index is 2.20. The first-order valence-electron chi connectivity index (χ1n) is 6.60. The fourth-order valence-corrected chi connectivity index (χ4v) is 4.45. The molecule has 21 heavy (non-hydrogen) atoms. The van der Waals surface area contributed by atoms with E-state index in [1.165, 1.54) is 19.2 Å². The predicted octanol–water partition coefficient (Wildman–Crippen LogP) is 2.25. The Morgan fingerprint density at radius 3 is 2.38 bits per heavy atom. The molecule has 1 heterocycles. The molecule has 0 N–H and O–H groups in total. The number of ether oxygens (including phenoxy) is 2. The summed E-state index contributed by atoms with van der Waals surface area (Å²) < 4.78 is 34.8. The van der Waals surface area contributed by atoms with Crippen LogP contribution in [0.3, 0.4) is 0 Å². The molecule has 0 amide bonds. The van der Waals surface area contributed by atoms with Gasteiger partial charge in [0, 0.05) is 13.2 Å². The number of esters is 1. The van der Waals surface area contributed by atoms with E-state index < -0.39 is 25.9 Å². The van der Waals surface area contributed by atoms with Crippen LogP contribution in [0.4, 0.5) is 0 Å². The topological polar surface area (TPSA) is 69.7 Å². The number of sulfone groups is 1. The van der Waals surface area contributed by atoms with Crippen LogP contribution in [0, 0.1) is 0 Å². The van der Waals surface area contributed by atoms with Crippen molar-refractivity contribution in [2.24, 2.45) is 0 Å². The molecule has 7 heteroatoms. The van der Waals surface area contributed by atoms with Crippen LogP contribution in [0.1, 0.15) is 23.2 Å². The van der Waals surface area contributed by atoms with Crippen LogP contribution < -0.4 is 0 Å². The standard InChI is InChI=1S/C14H17BrO5S/c1-19-14(16)13(15)10-2-4-11(5-3-10)21(17,18)12-6-8-20-9-7-12/h2-5,12-13H,6-9H2,1H3. The van der Waals surface area contributed by atoms with E-state index >= 15 is 0 Å². The highest BCUT2D eigenvalue weighted by atomic mass is 79.9. The smallest absolute Gasteiger partial charge is 0.323 e. The lowest BCUT2D eigenvalue weighted by atomic mass is 10.1. The minimum absolute atomic E-state index is 0.280. The Morgan fingerprint density at radius 2 is 1.86 bits per heavy atom. The molecule has 0 aromatic heterocycles. The van der Waals surface area contributed by atoms with Gasteiger partial charge in [0.25, 0.3) is 0 Å². The molecule has 1 saturated heterocycles. The third-order valence-electron chi connectivity index (χ3n) is 3.52. The number of carbonyl (C=O) groups is 1. The summed E-state index contributed by atoms with van der Waals surface area (Å²) in [6.45, 7) is 0.960. The molecule has 0 saturated carbocycles. The summed E-state index contributed by atoms with van der Waals surface area (Å²) in [6, 6.07) is 6.33. The monoisotopic (exact) mass is 376 g/mol. The molecule has 1 aliphatic heterocycles. The fraction of sp³-hybridized carbons (Fsp3) is 0.500. The summed E-state index contributed by atoms with van der Waals surface area (Å²) in [5.74, 6) is -0.421. The quantitative estimate of drug-likeness (QED) is 0.595. The summed E-state index contributed by atoms with van der Waals surface area (Å²) in [5, 5.41) is -0.391. The van der Waals surface area contributed by atoms with Crippen molar-refractivity contribution in [2.45, 2.75) is 27.8 Å². The zero-order chi connectivity index (χ0) is 15.5. The van der Waals surface area contributed by atoms with Crippen LogP contribution in [0.2, 0.25) is 0 Å². The molecule has 1 aliphatic rings. The molecule has 1 atom stereocenters. The number of carbonyl (C=O) groups excluding carboxylic acids is 1. The molecule has 1 unspecified atom stereocenters. The molecule has 0 radical (unpaired) electrons. The first-order valence-corrected chi connectivity index (χ1v) is 9.06. The van der Waals surface area contributed by atoms with Crippen molar-refractivity contribution >= 4 is 31.7 Å². The van der Waals surface area contributed by atoms with Crippen LogP contribution in [-0.4, -0.2) is 40.0 Å². The molecule has 0 bridgehead atoms. The lowest BCUT2D eigenvalue weighted by Gasteiger charge is -2.22. The van der Waals surface area contributed by atoms with Gasteiger partial charge in [-0.15, -0.1) is 0 Å². The van der Waals surface area contributed by atoms with Gasteiger partial charge in [-0.05, 0) is 30.5 Å². The van der Waals surface area contributed by atoms with Gasteiger partial charge in [-0.25, -0.2) is 8.42 Å². The minimum atomic E-state index is -3.34. The van der Waals surface area contributed by atoms with E-state index in [2.05, 4.69) is 20.7 Å². The number of alkyl halides is 1. The molecular weight excluding hydrogens is 360 g/mol. The summed E-state index contributed by atoms with van der Waals surface area (Å²) in [5.41, 5.74) is 0.660. The van der Waals surface area contributed by atoms with Crippen molar-refractivity contribution in [1.82, 2.24) is 0 Å². The molecule has 5 nitrogen and oxygen atoms in total. The van der Waals surface area contributed by atoms with Gasteiger partial charge in [-0.1, -0.05) is 28.1 Å². The highest BCUT2D eigenvalue weighted by molar-refractivity contribution is 9.09. The van der Waals surface area contributed by atoms with E-state index in [1.807, 2.05) is 0 Å². The Kier molecular flexibility index (Phi) is 5.40. The van der Waals surface area contributed by atoms with E-state index in [0.29, 0.717) is 31.6 Å². The number of methoxy groups -OCH3 is 1. The largest absolute Gasteiger partial charge is 0.468 e. The third kappa shape index (κ3) is 3.64. The zero-order valence-electron chi connectivity index (χ0n) is 11.6. The number of halogens is 1. The lowest BCUT2D eigenvalue weighted by Crippen LogP contribution is -2.28. The van der Waals surface area contributed by atoms with Gasteiger partial charge in [0.2, 0.25) is 0 Å². The fourth-order valence-electron chi connectivity index (χ4n) is 2.24. The zero-order valence-corrected chi connectivity index (χ0v) is 14.0. The molecule has 116 valence electrons. The molecule has 1 fully saturated rings. The third-order valence-corrected chi connectivity index (χ3v) is 6.70. The second kappa shape index (κ2) is 6.89. The van der Waals surface area contributed by atoms with E-state index in [-0.39, 0.29) is 4.90 Å². The number of benzene rings is 1. The van der Waals surface area contributed by atoms with Crippen molar-refractivity contribution in [1.29, 1.82) is 0 Å². The van der Waals surface area contributed by atoms with Crippen molar-refractivity contribution in [3.8, 4) is 0 Å². The Bertz CT molecular complexity index is 590. The minimum Gasteiger partial charge on any atom is -0.468 e. The molecule has 0 spiro atoms. The first-order chi connectivity index (χ1) is 9.96. The lowest BCUT2D eigenvalue weighted by molar-refractivity contribution is -0.139. The van der Waals surface area contributed by atoms with Gasteiger partial charge in [-0.2, -0.15) is 0 Å². The van der Waals surface area contributed by atoms with Crippen LogP contribution in [-0.2, 0) is 24.1 Å². The first kappa shape index (κ1) is 16.5. The summed E-state index contributed by atoms with van der Waals surface area (Å²) in [4.78, 5) is 11.1. The van der Waals surface area contributed by atoms with Gasteiger partial charge in [0.1, 0.15) is 4.83 Å². The van der Waals surface area contributed by atoms with E-state index in [1.54, 1.807) is 12.1 Å². The van der Waals surface area contributed by atoms with Crippen molar-refractivity contribution in [3.63, 3.8) is 0 Å². The van der Waals surface area contributed by atoms with Crippen molar-refractivity contribution < 1.29 is 22.7 Å². The molecule has 1 aromatic rings. The van der Waals surface area contributed by atoms with Gasteiger partial charge < -0.3 is 9.47 Å². The normalized spacial score (nSPS) is 18.2. The molecular formula is C14H17BrO5S. The highest BCUT2D eigenvalue weighted by Crippen LogP contribution is 2.28. The average molecular weight is 377 g/mol. The summed E-state index contributed by atoms with van der Waals surface area (Å²) >= 11 is 3.22. The SMILES string of the molecule is COC(=O)C(Br)c1ccc(S(=O)(=O)C2CCOCC2)cc1. The molecule has 0 aliphatic carbocycles. The van der Waals surface area contributed by atoms with Crippen LogP contribution in [0.25, 0.3) is 0 Å². The Hall–Kier alpha value is -0.920. The van der Waals surface area contributed by atoms with Crippen LogP contribution in [0.15, 0.2) is 29.2 Å². The molecule has 1 aromatic carbocycles. The highest BCUT2D eigenvalue weighted by Gasteiger charge is 2.29. The van der Waals surface area contributed by atoms with Crippen LogP contribution in [0.5, 0.6) is 0 Å². The average Bonchev–Trinajstić information content (AvgIpc) is 2.54. The van der Waals surface area contributed by atoms with Gasteiger partial charge >= 0.3 is 5.97 Å². The number of hydrogen-bond acceptors (Lipinski definition) is 5. The van der Waals surface area contributed by atoms with Gasteiger partial charge in [0.05, 0.1) is 17.3 Å². The Morgan fingerprint density at radius 1 is 1.29 bits per heavy atom. The van der Waals surface area contributed by atoms with Crippen molar-refractivity contribution in [3.05, 3.63) is 29.8 Å². The van der Waals surface area contributed by atoms with Crippen LogP contribution >= 0.6 is 15.9 Å². The Labute approximate surface area is 132 Å². The summed E-state index contributed by atoms with van der Waals surface area (Å²) in [7, 11) is -2.04. The second-order valence-electron chi connectivity index (χ2n) is 4.81. The number of hydrogen-bond donors (Lipinski definition) is 0. The maximum Gasteiger partial charge on any atom is 0.323 e. The predicted molar refractivity (Wildman–Crippen MR) is 81.2 cm³/mol. The maximum atomic E-state index is 12.5. The maximum absolute atomic E-state index is 12.5.